The Hall–Kier alpha value is -5.80. The highest BCUT2D eigenvalue weighted by atomic mass is 16.8. The van der Waals surface area contributed by atoms with Crippen molar-refractivity contribution in [2.24, 2.45) is 5.92 Å². The predicted molar refractivity (Wildman–Crippen MR) is 470 cm³/mol. The lowest BCUT2D eigenvalue weighted by Gasteiger charge is -2.53. The number of nitrogens with one attached hydrogen (secondary N) is 4. The van der Waals surface area contributed by atoms with Crippen molar-refractivity contribution >= 4 is 47.3 Å². The molecule has 6 aliphatic rings. The maximum atomic E-state index is 14.4. The van der Waals surface area contributed by atoms with Crippen molar-refractivity contribution in [2.75, 3.05) is 46.2 Å². The third-order valence-electron chi connectivity index (χ3n) is 25.4. The summed E-state index contributed by atoms with van der Waals surface area (Å²) in [6.45, 7) is -0.637. The lowest BCUT2D eigenvalue weighted by atomic mass is 9.86. The quantitative estimate of drug-likeness (QED) is 0.0206. The maximum Gasteiger partial charge on any atom is 0.364 e. The summed E-state index contributed by atoms with van der Waals surface area (Å²) in [6, 6.07) is -7.30. The molecule has 0 saturated carbocycles. The summed E-state index contributed by atoms with van der Waals surface area (Å²) in [5.74, 6) is -23.6. The highest BCUT2D eigenvalue weighted by molar-refractivity contribution is 5.79. The van der Waals surface area contributed by atoms with E-state index in [1.807, 2.05) is 0 Å². The number of allylic oxidation sites excluding steroid dienone is 3. The highest BCUT2D eigenvalue weighted by Gasteiger charge is 2.65. The number of aliphatic hydroxyl groups excluding tert-OH is 19. The minimum Gasteiger partial charge on any atom is -0.477 e. The third kappa shape index (κ3) is 34.2. The first-order valence-corrected chi connectivity index (χ1v) is 47.7. The molecule has 6 aliphatic heterocycles. The third-order valence-corrected chi connectivity index (χ3v) is 25.4. The van der Waals surface area contributed by atoms with Gasteiger partial charge in [0.2, 0.25) is 23.6 Å². The van der Waals surface area contributed by atoms with Crippen LogP contribution in [0.4, 0.5) is 0 Å². The minimum absolute atomic E-state index is 0.0738. The molecule has 46 nitrogen and oxygen atoms in total. The number of carbonyl (C=O) groups is 8. The Morgan fingerprint density at radius 2 is 0.809 bits per heavy atom. The van der Waals surface area contributed by atoms with Crippen molar-refractivity contribution in [1.29, 1.82) is 0 Å². The zero-order valence-corrected chi connectivity index (χ0v) is 78.5. The number of ether oxygens (including phenoxy) is 12. The summed E-state index contributed by atoms with van der Waals surface area (Å²) in [5.41, 5.74) is 0. The Morgan fingerprint density at radius 3 is 1.24 bits per heavy atom. The Kier molecular flexibility index (Phi) is 51.9. The standard InChI is InChI=1S/C90H154N4O42/c1-7-9-11-13-15-17-19-21-22-24-26-28-30-32-34-36-64(110)94-53(54(105)35-33-31-29-27-25-23-20-18-16-14-12-10-8-2)47-125-83-74(117)73(116)76(62(45-99)127-83)129-84-75(118)81(77(63(46-100)128-84)130-82-52(37-48(3)101)68(111)70(113)59(42-96)126-82)136-90(87(123)124)40-57(108)67(93-51(6)104)80(135-90)72(115)61(44-98)132-89(86(121)122)39-56(107)66(92-50(5)103)79(134-89)71(114)60(43-97)131-88(85(119)120)38-55(106)65(91-49(4)102)78(133-88)69(112)58(109)41-95/h17,19,33,35,52-63,65-84,95-100,105-109,111-118H,7-16,18,20-32,34,36-47H2,1-6H3,(H,91,102)(H,92,103)(H,93,104)(H,94,110)(H,119,120)(H,121,122)(H,123,124)/t52-,53+,54-,55+,56+,57+,58-,59-,60-,61-,62-,63-,65-,66-,67-,68-,69-,70+,71-,72-,73-,74-,75-,76-,77+,78?,79?,80?,81-,82+,83-,84+,88-,89-,90+/m1/s1. The van der Waals surface area contributed by atoms with Crippen molar-refractivity contribution in [3.8, 4) is 0 Å². The Balaban J connectivity index is 1.32. The van der Waals surface area contributed by atoms with Crippen LogP contribution in [0.3, 0.4) is 0 Å². The molecule has 6 fully saturated rings. The summed E-state index contributed by atoms with van der Waals surface area (Å²) in [6.07, 6.45) is -32.9. The number of unbranched alkanes of at least 4 members (excludes halogenated alkanes) is 22. The van der Waals surface area contributed by atoms with Crippen molar-refractivity contribution in [3.05, 3.63) is 24.3 Å². The van der Waals surface area contributed by atoms with Crippen LogP contribution in [0.5, 0.6) is 0 Å². The van der Waals surface area contributed by atoms with E-state index in [-0.39, 0.29) is 6.42 Å². The molecule has 0 aromatic carbocycles. The van der Waals surface area contributed by atoms with Crippen LogP contribution in [0.15, 0.2) is 24.3 Å². The molecule has 786 valence electrons. The van der Waals surface area contributed by atoms with E-state index in [2.05, 4.69) is 47.3 Å². The summed E-state index contributed by atoms with van der Waals surface area (Å²) in [5, 5.41) is 261. The first kappa shape index (κ1) is 119. The number of hydrogen-bond donors (Lipinski definition) is 26. The molecule has 6 saturated heterocycles. The predicted octanol–water partition coefficient (Wildman–Crippen LogP) is -3.65. The molecule has 3 unspecified atom stereocenters. The SMILES string of the molecule is CCCCCCC=CCCCCCCCCCC(=O)N[C@@H](CO[C@@H]1O[C@H](CO)[C@@H](O[C@@H]2O[C@H](CO)[C@H](O[C@@H]3O[C@H](CO)[C@H](O)[C@H](O)[C@H]3CC(C)=O)[C@H](O[C@]3(C(=O)O)C[C@H](O)[C@@H](NC(C)=O)C([C@H](O)[C@@H](CO)O[C@]4(C(=O)O)C[C@H](O)[C@@H](NC(C)=O)C([C@H](O)[C@@H](CO)O[C@]5(C(=O)O)C[C@H](O)[C@@H](NC(C)=O)C([C@H](O)[C@H](O)CO)O5)O4)O3)[C@H]2O)[C@H](O)[C@H]1O)[C@H](O)C=CCCCCCCCCCCCCC. The zero-order valence-electron chi connectivity index (χ0n) is 78.5. The number of carbonyl (C=O) groups excluding carboxylic acids is 5. The molecule has 136 heavy (non-hydrogen) atoms. The summed E-state index contributed by atoms with van der Waals surface area (Å²) in [4.78, 5) is 107. The van der Waals surface area contributed by atoms with Gasteiger partial charge in [0.25, 0.3) is 17.4 Å². The molecule has 0 aliphatic carbocycles. The largest absolute Gasteiger partial charge is 0.477 e. The monoisotopic (exact) mass is 1960 g/mol. The topological polar surface area (TPSA) is 741 Å². The average molecular weight is 1960 g/mol. The van der Waals surface area contributed by atoms with Crippen LogP contribution in [0.25, 0.3) is 0 Å². The van der Waals surface area contributed by atoms with Gasteiger partial charge in [-0.1, -0.05) is 154 Å². The molecule has 6 rings (SSSR count). The molecular weight excluding hydrogens is 1810 g/mol. The van der Waals surface area contributed by atoms with Crippen LogP contribution in [-0.2, 0) is 95.2 Å². The van der Waals surface area contributed by atoms with E-state index in [4.69, 9.17) is 56.8 Å². The highest BCUT2D eigenvalue weighted by Crippen LogP contribution is 2.45. The Labute approximate surface area is 790 Å². The molecule has 0 radical (unpaired) electrons. The van der Waals surface area contributed by atoms with Crippen molar-refractivity contribution in [3.63, 3.8) is 0 Å². The van der Waals surface area contributed by atoms with E-state index in [1.165, 1.54) is 70.3 Å². The van der Waals surface area contributed by atoms with Gasteiger partial charge in [0.15, 0.2) is 18.9 Å². The number of aliphatic carboxylic acids is 3. The first-order valence-electron chi connectivity index (χ1n) is 47.7. The normalized spacial score (nSPS) is 34.1. The molecule has 0 aromatic rings. The van der Waals surface area contributed by atoms with E-state index >= 15 is 0 Å². The van der Waals surface area contributed by atoms with E-state index in [1.54, 1.807) is 6.08 Å². The number of Topliss-reactive ketones (excluding diaryl/α,β-unsaturated/α-hetero) is 1. The van der Waals surface area contributed by atoms with Gasteiger partial charge >= 0.3 is 17.9 Å². The second-order valence-corrected chi connectivity index (χ2v) is 36.4. The molecule has 4 amide bonds. The molecule has 26 N–H and O–H groups in total. The van der Waals surface area contributed by atoms with E-state index in [9.17, 15) is 151 Å². The summed E-state index contributed by atoms with van der Waals surface area (Å²) < 4.78 is 71.9. The summed E-state index contributed by atoms with van der Waals surface area (Å²) in [7, 11) is 0. The lowest BCUT2D eigenvalue weighted by Crippen LogP contribution is -2.72. The van der Waals surface area contributed by atoms with Gasteiger partial charge in [0.1, 0.15) is 122 Å². The maximum absolute atomic E-state index is 14.4. The van der Waals surface area contributed by atoms with Crippen molar-refractivity contribution < 1.29 is 208 Å². The number of carboxylic acids is 3. The van der Waals surface area contributed by atoms with E-state index in [0.29, 0.717) is 12.8 Å². The van der Waals surface area contributed by atoms with Crippen LogP contribution in [0.1, 0.15) is 234 Å². The molecule has 0 bridgehead atoms. The lowest BCUT2D eigenvalue weighted by molar-refractivity contribution is -0.404. The fraction of sp³-hybridized carbons (Fsp3) is 0.867. The van der Waals surface area contributed by atoms with Crippen LogP contribution in [0.2, 0.25) is 0 Å². The smallest absolute Gasteiger partial charge is 0.364 e. The van der Waals surface area contributed by atoms with Crippen molar-refractivity contribution in [1.82, 2.24) is 21.3 Å². The fourth-order valence-electron chi connectivity index (χ4n) is 18.0. The molecule has 0 aromatic heterocycles. The van der Waals surface area contributed by atoms with Gasteiger partial charge in [-0.15, -0.1) is 0 Å². The Bertz CT molecular complexity index is 3620. The Morgan fingerprint density at radius 1 is 0.419 bits per heavy atom. The fourth-order valence-corrected chi connectivity index (χ4v) is 18.0. The van der Waals surface area contributed by atoms with Gasteiger partial charge in [0.05, 0.1) is 101 Å². The van der Waals surface area contributed by atoms with Gasteiger partial charge in [-0.05, 0) is 51.9 Å². The van der Waals surface area contributed by atoms with Gasteiger partial charge in [-0.3, -0.25) is 19.2 Å². The van der Waals surface area contributed by atoms with Gasteiger partial charge in [0, 0.05) is 58.8 Å². The molecular formula is C90H154N4O42. The van der Waals surface area contributed by atoms with Crippen LogP contribution in [0, 0.1) is 5.92 Å². The molecule has 6 heterocycles. The second-order valence-electron chi connectivity index (χ2n) is 36.4. The van der Waals surface area contributed by atoms with Gasteiger partial charge in [-0.2, -0.15) is 0 Å². The zero-order chi connectivity index (χ0) is 101. The second kappa shape index (κ2) is 59.3. The number of rotatable bonds is 63. The number of aliphatic hydroxyl groups is 19. The van der Waals surface area contributed by atoms with Gasteiger partial charge in [-0.25, -0.2) is 14.4 Å². The van der Waals surface area contributed by atoms with Crippen LogP contribution < -0.4 is 21.3 Å². The molecule has 0 spiro atoms. The molecule has 46 heteroatoms. The van der Waals surface area contributed by atoms with Crippen LogP contribution >= 0.6 is 0 Å². The average Bonchev–Trinajstić information content (AvgIpc) is 0.732. The van der Waals surface area contributed by atoms with E-state index < -0.39 is 332 Å². The summed E-state index contributed by atoms with van der Waals surface area (Å²) >= 11 is 0. The first-order chi connectivity index (χ1) is 64.6. The van der Waals surface area contributed by atoms with E-state index in [0.717, 1.165) is 111 Å². The minimum atomic E-state index is -3.71. The van der Waals surface area contributed by atoms with Crippen molar-refractivity contribution in [2.45, 2.75) is 441 Å². The van der Waals surface area contributed by atoms with Gasteiger partial charge < -0.3 is 195 Å². The number of ketones is 1. The number of amides is 4. The number of carboxylic acid groups (broad SMARTS) is 3. The van der Waals surface area contributed by atoms with Crippen LogP contribution in [-0.4, -0.2) is 413 Å². The number of hydrogen-bond acceptors (Lipinski definition) is 39. The molecule has 35 atom stereocenters.